The van der Waals surface area contributed by atoms with Crippen molar-refractivity contribution in [2.75, 3.05) is 13.7 Å². The first-order chi connectivity index (χ1) is 16.7. The zero-order valence-corrected chi connectivity index (χ0v) is 23.0. The Kier molecular flexibility index (Phi) is 11.4. The van der Waals surface area contributed by atoms with E-state index in [1.807, 2.05) is 50.2 Å². The number of aliphatic hydroxyl groups excluding tert-OH is 2. The van der Waals surface area contributed by atoms with Gasteiger partial charge in [-0.1, -0.05) is 42.0 Å². The summed E-state index contributed by atoms with van der Waals surface area (Å²) < 4.78 is 25.1. The monoisotopic (exact) mass is 504 g/mol. The van der Waals surface area contributed by atoms with E-state index in [0.29, 0.717) is 11.5 Å². The smallest absolute Gasteiger partial charge is 0.550 e. The summed E-state index contributed by atoms with van der Waals surface area (Å²) in [5, 5.41) is 30.8. The first kappa shape index (κ1) is 29.8. The zero-order chi connectivity index (χ0) is 25.5. The van der Waals surface area contributed by atoms with Crippen molar-refractivity contribution in [3.05, 3.63) is 94.3 Å². The van der Waals surface area contributed by atoms with Crippen LogP contribution in [0.4, 0.5) is 4.39 Å². The number of aryl methyl sites for hydroxylation is 2. The molecule has 0 aliphatic carbocycles. The molecule has 0 radical (unpaired) electrons. The Labute approximate surface area is 233 Å². The number of halogens is 1. The quantitative estimate of drug-likeness (QED) is 0.287. The molecular weight excluding hydrogens is 474 g/mol. The number of aliphatic hydroxyl groups is 2. The topological polar surface area (TPSA) is 99.1 Å². The van der Waals surface area contributed by atoms with E-state index in [1.54, 1.807) is 19.2 Å². The average molecular weight is 505 g/mol. The van der Waals surface area contributed by atoms with E-state index >= 15 is 0 Å². The number of carbonyl (C=O) groups is 1. The molecule has 3 aromatic rings. The molecule has 0 aliphatic rings. The molecule has 6 nitrogen and oxygen atoms in total. The molecule has 8 heteroatoms. The number of carboxylic acid groups (broad SMARTS) is 1. The van der Waals surface area contributed by atoms with Crippen molar-refractivity contribution in [3.63, 3.8) is 0 Å². The zero-order valence-electron chi connectivity index (χ0n) is 21.0. The van der Waals surface area contributed by atoms with Gasteiger partial charge in [-0.05, 0) is 54.8 Å². The summed E-state index contributed by atoms with van der Waals surface area (Å²) in [6.45, 7) is 3.74. The molecule has 0 saturated heterocycles. The number of aliphatic carboxylic acids is 1. The van der Waals surface area contributed by atoms with Gasteiger partial charge >= 0.3 is 29.6 Å². The second-order valence-corrected chi connectivity index (χ2v) is 8.69. The largest absolute Gasteiger partial charge is 1.00 e. The van der Waals surface area contributed by atoms with Gasteiger partial charge in [0, 0.05) is 30.3 Å². The molecule has 2 unspecified atom stereocenters. The van der Waals surface area contributed by atoms with Gasteiger partial charge < -0.3 is 29.6 Å². The number of methoxy groups -OCH3 is 1. The number of hydrogen-bond acceptors (Lipinski definition) is 6. The van der Waals surface area contributed by atoms with Gasteiger partial charge in [0.1, 0.15) is 23.9 Å². The van der Waals surface area contributed by atoms with Gasteiger partial charge in [0.25, 0.3) is 0 Å². The van der Waals surface area contributed by atoms with Gasteiger partial charge in [-0.15, -0.1) is 0 Å². The third-order valence-corrected chi connectivity index (χ3v) is 5.78. The Morgan fingerprint density at radius 3 is 2.11 bits per heavy atom. The molecule has 0 aromatic heterocycles. The van der Waals surface area contributed by atoms with Crippen molar-refractivity contribution in [3.8, 4) is 11.5 Å². The SMILES string of the molecule is COc1ccc(C(c2ccc(F)cc2)c2cc(C)cc(C)c2OCC(O)C[C@@H](O)CC(=O)[O-])cc1.[Na+]. The van der Waals surface area contributed by atoms with Crippen LogP contribution < -0.4 is 44.1 Å². The molecule has 3 atom stereocenters. The van der Waals surface area contributed by atoms with Gasteiger partial charge in [0.15, 0.2) is 0 Å². The van der Waals surface area contributed by atoms with Crippen LogP contribution in [0.25, 0.3) is 0 Å². The van der Waals surface area contributed by atoms with E-state index in [4.69, 9.17) is 9.47 Å². The molecule has 2 N–H and O–H groups in total. The summed E-state index contributed by atoms with van der Waals surface area (Å²) in [7, 11) is 1.59. The third-order valence-electron chi connectivity index (χ3n) is 5.78. The van der Waals surface area contributed by atoms with Gasteiger partial charge in [-0.25, -0.2) is 4.39 Å². The minimum absolute atomic E-state index is 0. The molecule has 0 spiro atoms. The van der Waals surface area contributed by atoms with E-state index in [2.05, 4.69) is 0 Å². The van der Waals surface area contributed by atoms with Crippen molar-refractivity contribution >= 4 is 5.97 Å². The predicted octanol–water partition coefficient (Wildman–Crippen LogP) is 0.266. The van der Waals surface area contributed by atoms with E-state index in [9.17, 15) is 24.5 Å². The second-order valence-electron chi connectivity index (χ2n) is 8.69. The van der Waals surface area contributed by atoms with E-state index in [0.717, 1.165) is 27.8 Å². The summed E-state index contributed by atoms with van der Waals surface area (Å²) in [4.78, 5) is 10.7. The number of carboxylic acids is 1. The maximum absolute atomic E-state index is 13.7. The van der Waals surface area contributed by atoms with E-state index in [-0.39, 0.29) is 54.3 Å². The number of hydrogen-bond donors (Lipinski definition) is 2. The van der Waals surface area contributed by atoms with Crippen LogP contribution in [0.5, 0.6) is 11.5 Å². The summed E-state index contributed by atoms with van der Waals surface area (Å²) in [5.74, 6) is -0.742. The predicted molar refractivity (Wildman–Crippen MR) is 128 cm³/mol. The Balaban J connectivity index is 0.00000456. The first-order valence-electron chi connectivity index (χ1n) is 11.4. The van der Waals surface area contributed by atoms with E-state index in [1.165, 1.54) is 12.1 Å². The van der Waals surface area contributed by atoms with Gasteiger partial charge in [-0.3, -0.25) is 0 Å². The number of carbonyl (C=O) groups excluding carboxylic acids is 1. The average Bonchev–Trinajstić information content (AvgIpc) is 2.79. The second kappa shape index (κ2) is 13.8. The first-order valence-corrected chi connectivity index (χ1v) is 11.4. The molecular formula is C28H30FNaO6. The van der Waals surface area contributed by atoms with Crippen LogP contribution >= 0.6 is 0 Å². The van der Waals surface area contributed by atoms with Gasteiger partial charge in [0.2, 0.25) is 0 Å². The summed E-state index contributed by atoms with van der Waals surface area (Å²) in [6.07, 6.45) is -3.03. The van der Waals surface area contributed by atoms with Gasteiger partial charge in [-0.2, -0.15) is 0 Å². The molecule has 0 bridgehead atoms. The minimum Gasteiger partial charge on any atom is -0.550 e. The summed E-state index contributed by atoms with van der Waals surface area (Å²) in [6, 6.07) is 17.9. The molecule has 186 valence electrons. The van der Waals surface area contributed by atoms with Crippen LogP contribution in [0.2, 0.25) is 0 Å². The number of ether oxygens (including phenoxy) is 2. The van der Waals surface area contributed by atoms with Crippen molar-refractivity contribution in [2.24, 2.45) is 0 Å². The molecule has 3 rings (SSSR count). The fourth-order valence-electron chi connectivity index (χ4n) is 4.24. The van der Waals surface area contributed by atoms with Crippen molar-refractivity contribution in [2.45, 2.75) is 44.8 Å². The van der Waals surface area contributed by atoms with Crippen molar-refractivity contribution in [1.29, 1.82) is 0 Å². The van der Waals surface area contributed by atoms with Gasteiger partial charge in [0.05, 0.1) is 19.3 Å². The summed E-state index contributed by atoms with van der Waals surface area (Å²) in [5.41, 5.74) is 4.49. The van der Waals surface area contributed by atoms with Crippen LogP contribution in [0.15, 0.2) is 60.7 Å². The van der Waals surface area contributed by atoms with Crippen LogP contribution in [0.1, 0.15) is 46.6 Å². The normalized spacial score (nSPS) is 13.3. The number of rotatable bonds is 11. The van der Waals surface area contributed by atoms with E-state index < -0.39 is 24.6 Å². The number of benzene rings is 3. The maximum Gasteiger partial charge on any atom is 1.00 e. The maximum atomic E-state index is 13.7. The summed E-state index contributed by atoms with van der Waals surface area (Å²) >= 11 is 0. The Morgan fingerprint density at radius 2 is 1.56 bits per heavy atom. The third kappa shape index (κ3) is 8.05. The van der Waals surface area contributed by atoms with Crippen LogP contribution in [0, 0.1) is 19.7 Å². The molecule has 0 amide bonds. The minimum atomic E-state index is -1.39. The molecule has 0 aliphatic heterocycles. The Morgan fingerprint density at radius 1 is 0.972 bits per heavy atom. The van der Waals surface area contributed by atoms with Crippen molar-refractivity contribution < 1.29 is 63.5 Å². The Bertz CT molecular complexity index is 1130. The fourth-order valence-corrected chi connectivity index (χ4v) is 4.24. The standard InChI is InChI=1S/C28H31FO6.Na/c1-17-12-18(2)28(35-16-23(31)14-22(30)15-26(32)33)25(13-17)27(19-4-8-21(29)9-5-19)20-6-10-24(34-3)11-7-20;/h4-13,22-23,27,30-31H,14-16H2,1-3H3,(H,32,33);/q;+1/p-1/t22-,23?,27?;/m1./s1. The fraction of sp³-hybridized carbons (Fsp3) is 0.321. The molecule has 0 saturated carbocycles. The van der Waals surface area contributed by atoms with Crippen LogP contribution in [0.3, 0.4) is 0 Å². The molecule has 36 heavy (non-hydrogen) atoms. The molecule has 0 fully saturated rings. The van der Waals surface area contributed by atoms with Crippen LogP contribution in [-0.4, -0.2) is 42.1 Å². The molecule has 3 aromatic carbocycles. The van der Waals surface area contributed by atoms with Crippen LogP contribution in [-0.2, 0) is 4.79 Å². The Hall–Kier alpha value is -2.42. The van der Waals surface area contributed by atoms with Crippen molar-refractivity contribution in [1.82, 2.24) is 0 Å². The molecule has 0 heterocycles.